The van der Waals surface area contributed by atoms with Gasteiger partial charge in [0.15, 0.2) is 10.7 Å². The number of nitrogens with one attached hydrogen (secondary N) is 1. The Hall–Kier alpha value is -3.39. The van der Waals surface area contributed by atoms with Crippen LogP contribution in [0.5, 0.6) is 0 Å². The molecule has 1 aliphatic heterocycles. The predicted molar refractivity (Wildman–Crippen MR) is 117 cm³/mol. The molecule has 7 nitrogen and oxygen atoms in total. The largest absolute Gasteiger partial charge is 0.419 e. The quantitative estimate of drug-likeness (QED) is 0.202. The van der Waals surface area contributed by atoms with Gasteiger partial charge in [-0.15, -0.1) is 0 Å². The summed E-state index contributed by atoms with van der Waals surface area (Å²) in [7, 11) is 0. The smallest absolute Gasteiger partial charge is 0.350 e. The van der Waals surface area contributed by atoms with E-state index in [4.69, 9.17) is 9.47 Å². The number of nitrogens with zero attached hydrogens (tertiary/aromatic N) is 2. The van der Waals surface area contributed by atoms with Gasteiger partial charge in [0.05, 0.1) is 11.9 Å². The van der Waals surface area contributed by atoms with E-state index in [-0.39, 0.29) is 5.57 Å². The van der Waals surface area contributed by atoms with Gasteiger partial charge in [-0.2, -0.15) is 5.10 Å². The van der Waals surface area contributed by atoms with Crippen molar-refractivity contribution < 1.29 is 19.1 Å². The van der Waals surface area contributed by atoms with Gasteiger partial charge in [-0.05, 0) is 6.26 Å². The molecule has 3 rings (SSSR count). The Kier molecular flexibility index (Phi) is 6.68. The summed E-state index contributed by atoms with van der Waals surface area (Å²) in [6.45, 7) is 2.97. The molecule has 0 aliphatic carbocycles. The third-order valence-electron chi connectivity index (χ3n) is 3.98. The van der Waals surface area contributed by atoms with Gasteiger partial charge in [0.2, 0.25) is 0 Å². The Morgan fingerprint density at radius 1 is 0.933 bits per heavy atom. The van der Waals surface area contributed by atoms with E-state index < -0.39 is 17.7 Å². The molecule has 0 bridgehead atoms. The molecule has 0 unspecified atom stereocenters. The molecule has 0 atom stereocenters. The number of hydrogen-bond donors (Lipinski definition) is 1. The van der Waals surface area contributed by atoms with Crippen LogP contribution in [0.3, 0.4) is 0 Å². The van der Waals surface area contributed by atoms with Crippen molar-refractivity contribution in [1.29, 1.82) is 0 Å². The van der Waals surface area contributed by atoms with Crippen molar-refractivity contribution >= 4 is 34.6 Å². The van der Waals surface area contributed by atoms with Gasteiger partial charge in [0.1, 0.15) is 0 Å². The van der Waals surface area contributed by atoms with E-state index in [1.54, 1.807) is 6.26 Å². The molecule has 154 valence electrons. The maximum atomic E-state index is 12.0. The Morgan fingerprint density at radius 3 is 1.90 bits per heavy atom. The van der Waals surface area contributed by atoms with Gasteiger partial charge in [-0.1, -0.05) is 72.4 Å². The maximum Gasteiger partial charge on any atom is 0.350 e. The van der Waals surface area contributed by atoms with E-state index in [2.05, 4.69) is 15.5 Å². The lowest BCUT2D eigenvalue weighted by atomic mass is 10.0. The SMILES string of the molecule is CSC(=NC=C1C(=O)OC(C)(C)OC1=O)NN=C(c1ccccc1)c1ccccc1. The number of hydrazone groups is 1. The first-order valence-electron chi connectivity index (χ1n) is 9.13. The molecule has 8 heteroatoms. The van der Waals surface area contributed by atoms with Crippen molar-refractivity contribution in [2.45, 2.75) is 19.6 Å². The Labute approximate surface area is 178 Å². The molecular formula is C22H21N3O4S. The van der Waals surface area contributed by atoms with E-state index in [1.165, 1.54) is 25.6 Å². The number of benzene rings is 2. The van der Waals surface area contributed by atoms with Gasteiger partial charge in [-0.3, -0.25) is 5.43 Å². The highest BCUT2D eigenvalue weighted by atomic mass is 32.2. The fourth-order valence-corrected chi connectivity index (χ4v) is 2.90. The Bertz CT molecular complexity index is 952. The number of esters is 2. The summed E-state index contributed by atoms with van der Waals surface area (Å²) in [6, 6.07) is 19.4. The summed E-state index contributed by atoms with van der Waals surface area (Å²) < 4.78 is 10.1. The summed E-state index contributed by atoms with van der Waals surface area (Å²) >= 11 is 1.28. The average Bonchev–Trinajstić information content (AvgIpc) is 2.72. The summed E-state index contributed by atoms with van der Waals surface area (Å²) in [5.74, 6) is -2.85. The van der Waals surface area contributed by atoms with Crippen LogP contribution in [0.15, 0.2) is 82.5 Å². The normalized spacial score (nSPS) is 15.7. The van der Waals surface area contributed by atoms with Crippen molar-refractivity contribution in [2.24, 2.45) is 10.1 Å². The molecule has 0 amide bonds. The second kappa shape index (κ2) is 9.41. The zero-order chi connectivity index (χ0) is 21.6. The number of carbonyl (C=O) groups is 2. The van der Waals surface area contributed by atoms with Gasteiger partial charge in [0.25, 0.3) is 5.79 Å². The van der Waals surface area contributed by atoms with E-state index in [1.807, 2.05) is 60.7 Å². The fraction of sp³-hybridized carbons (Fsp3) is 0.182. The van der Waals surface area contributed by atoms with Crippen LogP contribution in [-0.4, -0.2) is 34.9 Å². The number of hydrogen-bond acceptors (Lipinski definition) is 7. The topological polar surface area (TPSA) is 89.4 Å². The first kappa shape index (κ1) is 21.3. The molecule has 0 radical (unpaired) electrons. The van der Waals surface area contributed by atoms with Crippen LogP contribution in [0, 0.1) is 0 Å². The van der Waals surface area contributed by atoms with Crippen LogP contribution < -0.4 is 5.43 Å². The molecule has 0 aromatic heterocycles. The Morgan fingerprint density at radius 2 is 1.43 bits per heavy atom. The summed E-state index contributed by atoms with van der Waals surface area (Å²) in [6.07, 6.45) is 2.92. The first-order chi connectivity index (χ1) is 14.4. The van der Waals surface area contributed by atoms with Crippen LogP contribution in [0.25, 0.3) is 0 Å². The summed E-state index contributed by atoms with van der Waals surface area (Å²) in [5, 5.41) is 4.90. The first-order valence-corrected chi connectivity index (χ1v) is 10.4. The fourth-order valence-electron chi connectivity index (χ4n) is 2.61. The summed E-state index contributed by atoms with van der Waals surface area (Å²) in [4.78, 5) is 28.3. The number of amidine groups is 1. The molecule has 2 aromatic carbocycles. The summed E-state index contributed by atoms with van der Waals surface area (Å²) in [5.41, 5.74) is 5.21. The average molecular weight is 423 g/mol. The molecule has 0 saturated carbocycles. The molecule has 0 spiro atoms. The van der Waals surface area contributed by atoms with Gasteiger partial charge >= 0.3 is 11.9 Å². The number of rotatable bonds is 4. The molecule has 30 heavy (non-hydrogen) atoms. The van der Waals surface area contributed by atoms with Crippen molar-refractivity contribution in [3.05, 3.63) is 83.6 Å². The highest BCUT2D eigenvalue weighted by molar-refractivity contribution is 8.13. The standard InChI is InChI=1S/C22H21N3O4S/c1-22(2)28-19(26)17(20(27)29-22)14-23-21(30-3)25-24-18(15-10-6-4-7-11-15)16-12-8-5-9-13-16/h4-14H,1-3H3,(H,23,25). The zero-order valence-corrected chi connectivity index (χ0v) is 17.6. The van der Waals surface area contributed by atoms with Crippen LogP contribution >= 0.6 is 11.8 Å². The van der Waals surface area contributed by atoms with Crippen LogP contribution in [0.4, 0.5) is 0 Å². The molecule has 1 N–H and O–H groups in total. The number of carbonyl (C=O) groups excluding carboxylic acids is 2. The highest BCUT2D eigenvalue weighted by Gasteiger charge is 2.39. The lowest BCUT2D eigenvalue weighted by Gasteiger charge is -2.29. The number of thioether (sulfide) groups is 1. The van der Waals surface area contributed by atoms with Crippen LogP contribution in [0.1, 0.15) is 25.0 Å². The number of cyclic esters (lactones) is 2. The maximum absolute atomic E-state index is 12.0. The van der Waals surface area contributed by atoms with Crippen molar-refractivity contribution in [3.63, 3.8) is 0 Å². The second-order valence-corrected chi connectivity index (χ2v) is 7.46. The van der Waals surface area contributed by atoms with Gasteiger partial charge < -0.3 is 9.47 Å². The van der Waals surface area contributed by atoms with Gasteiger partial charge in [-0.25, -0.2) is 14.6 Å². The Balaban J connectivity index is 1.87. The van der Waals surface area contributed by atoms with Crippen molar-refractivity contribution in [1.82, 2.24) is 5.43 Å². The molecular weight excluding hydrogens is 402 g/mol. The number of ether oxygens (including phenoxy) is 2. The zero-order valence-electron chi connectivity index (χ0n) is 16.8. The van der Waals surface area contributed by atoms with E-state index in [0.29, 0.717) is 5.17 Å². The van der Waals surface area contributed by atoms with E-state index in [0.717, 1.165) is 23.0 Å². The van der Waals surface area contributed by atoms with Crippen molar-refractivity contribution in [2.75, 3.05) is 6.26 Å². The third-order valence-corrected chi connectivity index (χ3v) is 4.56. The molecule has 1 aliphatic rings. The monoisotopic (exact) mass is 423 g/mol. The minimum Gasteiger partial charge on any atom is -0.419 e. The molecule has 1 fully saturated rings. The third kappa shape index (κ3) is 5.36. The van der Waals surface area contributed by atoms with Crippen LogP contribution in [0.2, 0.25) is 0 Å². The van der Waals surface area contributed by atoms with Crippen LogP contribution in [-0.2, 0) is 19.1 Å². The molecule has 1 heterocycles. The minimum absolute atomic E-state index is 0.280. The minimum atomic E-state index is -1.29. The van der Waals surface area contributed by atoms with E-state index >= 15 is 0 Å². The molecule has 2 aromatic rings. The number of aliphatic imine (C=N–C) groups is 1. The lowest BCUT2D eigenvalue weighted by molar-refractivity contribution is -0.222. The predicted octanol–water partition coefficient (Wildman–Crippen LogP) is 3.47. The lowest BCUT2D eigenvalue weighted by Crippen LogP contribution is -2.41. The van der Waals surface area contributed by atoms with E-state index in [9.17, 15) is 9.59 Å². The van der Waals surface area contributed by atoms with Crippen molar-refractivity contribution in [3.8, 4) is 0 Å². The highest BCUT2D eigenvalue weighted by Crippen LogP contribution is 2.22. The second-order valence-electron chi connectivity index (χ2n) is 6.66. The van der Waals surface area contributed by atoms with Gasteiger partial charge in [0, 0.05) is 25.0 Å². The molecule has 1 saturated heterocycles.